The molecule has 1 atom stereocenters. The first-order valence-electron chi connectivity index (χ1n) is 10.9. The van der Waals surface area contributed by atoms with Crippen molar-refractivity contribution in [2.45, 2.75) is 30.6 Å². The second-order valence-electron chi connectivity index (χ2n) is 7.86. The second kappa shape index (κ2) is 9.73. The number of ether oxygens (including phenoxy) is 3. The highest BCUT2D eigenvalue weighted by Gasteiger charge is 2.23. The topological polar surface area (TPSA) is 92.5 Å². The minimum Gasteiger partial charge on any atom is -0.493 e. The Morgan fingerprint density at radius 1 is 1.26 bits per heavy atom. The number of aromatic nitrogens is 3. The summed E-state index contributed by atoms with van der Waals surface area (Å²) in [6.07, 6.45) is 3.54. The van der Waals surface area contributed by atoms with Gasteiger partial charge in [0, 0.05) is 23.8 Å². The molecule has 1 aromatic carbocycles. The van der Waals surface area contributed by atoms with Gasteiger partial charge in [-0.25, -0.2) is 9.97 Å². The van der Waals surface area contributed by atoms with Crippen LogP contribution in [0.2, 0.25) is 0 Å². The summed E-state index contributed by atoms with van der Waals surface area (Å²) in [6.45, 7) is 1.11. The van der Waals surface area contributed by atoms with E-state index in [4.69, 9.17) is 19.2 Å². The molecule has 10 heteroatoms. The molecule has 0 amide bonds. The molecule has 3 aromatic heterocycles. The number of carbonyl (C=O) groups excluding carboxylic acids is 1. The van der Waals surface area contributed by atoms with E-state index in [0.717, 1.165) is 23.1 Å². The average Bonchev–Trinajstić information content (AvgIpc) is 3.52. The Morgan fingerprint density at radius 3 is 2.88 bits per heavy atom. The van der Waals surface area contributed by atoms with E-state index in [1.165, 1.54) is 30.2 Å². The van der Waals surface area contributed by atoms with Crippen molar-refractivity contribution in [1.29, 1.82) is 0 Å². The number of hydrogen-bond acceptors (Lipinski definition) is 9. The van der Waals surface area contributed by atoms with Gasteiger partial charge in [-0.2, -0.15) is 0 Å². The van der Waals surface area contributed by atoms with E-state index in [0.29, 0.717) is 45.6 Å². The SMILES string of the molecule is COc1ccc(C(=O)CSc2nc3c(sc4ncccc43)c(=O)n2CC2CCCO2)cc1OC. The molecule has 0 N–H and O–H groups in total. The Kier molecular flexibility index (Phi) is 6.53. The minimum atomic E-state index is -0.121. The van der Waals surface area contributed by atoms with Crippen molar-refractivity contribution in [2.75, 3.05) is 26.6 Å². The monoisotopic (exact) mass is 497 g/mol. The third-order valence-electron chi connectivity index (χ3n) is 5.77. The lowest BCUT2D eigenvalue weighted by molar-refractivity contribution is 0.0938. The highest BCUT2D eigenvalue weighted by atomic mass is 32.2. The number of thioether (sulfide) groups is 1. The number of carbonyl (C=O) groups is 1. The van der Waals surface area contributed by atoms with Gasteiger partial charge >= 0.3 is 0 Å². The molecule has 34 heavy (non-hydrogen) atoms. The smallest absolute Gasteiger partial charge is 0.272 e. The van der Waals surface area contributed by atoms with Crippen molar-refractivity contribution in [3.8, 4) is 11.5 Å². The maximum atomic E-state index is 13.5. The van der Waals surface area contributed by atoms with Gasteiger partial charge < -0.3 is 14.2 Å². The van der Waals surface area contributed by atoms with E-state index >= 15 is 0 Å². The van der Waals surface area contributed by atoms with Crippen LogP contribution in [0.4, 0.5) is 0 Å². The molecule has 176 valence electrons. The van der Waals surface area contributed by atoms with E-state index in [1.54, 1.807) is 36.1 Å². The van der Waals surface area contributed by atoms with Crippen LogP contribution >= 0.6 is 23.1 Å². The fourth-order valence-corrected chi connectivity index (χ4v) is 5.95. The lowest BCUT2D eigenvalue weighted by atomic mass is 10.1. The van der Waals surface area contributed by atoms with E-state index in [-0.39, 0.29) is 23.2 Å². The van der Waals surface area contributed by atoms with Crippen LogP contribution in [0, 0.1) is 0 Å². The highest BCUT2D eigenvalue weighted by molar-refractivity contribution is 7.99. The van der Waals surface area contributed by atoms with Crippen LogP contribution in [0.3, 0.4) is 0 Å². The fourth-order valence-electron chi connectivity index (χ4n) is 4.03. The first-order chi connectivity index (χ1) is 16.6. The molecule has 8 nitrogen and oxygen atoms in total. The third-order valence-corrected chi connectivity index (χ3v) is 7.83. The maximum absolute atomic E-state index is 13.5. The fraction of sp³-hybridized carbons (Fsp3) is 0.333. The molecule has 0 saturated carbocycles. The molecule has 0 radical (unpaired) electrons. The zero-order valence-electron chi connectivity index (χ0n) is 18.8. The number of hydrogen-bond donors (Lipinski definition) is 0. The van der Waals surface area contributed by atoms with Gasteiger partial charge in [0.05, 0.1) is 38.1 Å². The van der Waals surface area contributed by atoms with Crippen LogP contribution in [0.1, 0.15) is 23.2 Å². The van der Waals surface area contributed by atoms with Gasteiger partial charge in [-0.1, -0.05) is 11.8 Å². The third kappa shape index (κ3) is 4.28. The molecular weight excluding hydrogens is 474 g/mol. The number of methoxy groups -OCH3 is 2. The maximum Gasteiger partial charge on any atom is 0.272 e. The summed E-state index contributed by atoms with van der Waals surface area (Å²) in [5.41, 5.74) is 1.01. The largest absolute Gasteiger partial charge is 0.493 e. The molecular formula is C24H23N3O5S2. The molecule has 0 bridgehead atoms. The number of fused-ring (bicyclic) bond motifs is 3. The van der Waals surface area contributed by atoms with Crippen LogP contribution in [0.5, 0.6) is 11.5 Å². The lowest BCUT2D eigenvalue weighted by Gasteiger charge is -2.15. The normalized spacial score (nSPS) is 15.8. The standard InChI is InChI=1S/C24H23N3O5S2/c1-30-18-8-7-14(11-19(18)31-2)17(28)13-33-24-26-20-16-6-3-9-25-22(16)34-21(20)23(29)27(24)12-15-5-4-10-32-15/h3,6-9,11,15H,4-5,10,12-13H2,1-2H3. The zero-order chi connectivity index (χ0) is 23.7. The lowest BCUT2D eigenvalue weighted by Crippen LogP contribution is -2.28. The van der Waals surface area contributed by atoms with Crippen LogP contribution < -0.4 is 15.0 Å². The Balaban J connectivity index is 1.50. The van der Waals surface area contributed by atoms with E-state index in [2.05, 4.69) is 4.98 Å². The molecule has 1 saturated heterocycles. The van der Waals surface area contributed by atoms with Gasteiger partial charge in [-0.3, -0.25) is 14.2 Å². The van der Waals surface area contributed by atoms with Crippen molar-refractivity contribution < 1.29 is 19.0 Å². The van der Waals surface area contributed by atoms with Crippen LogP contribution in [-0.4, -0.2) is 53.0 Å². The first-order valence-corrected chi connectivity index (χ1v) is 12.7. The summed E-state index contributed by atoms with van der Waals surface area (Å²) < 4.78 is 18.6. The molecule has 1 unspecified atom stereocenters. The molecule has 1 aliphatic heterocycles. The predicted molar refractivity (Wildman–Crippen MR) is 133 cm³/mol. The van der Waals surface area contributed by atoms with E-state index in [1.807, 2.05) is 12.1 Å². The van der Waals surface area contributed by atoms with E-state index in [9.17, 15) is 9.59 Å². The van der Waals surface area contributed by atoms with Gasteiger partial charge in [-0.05, 0) is 43.2 Å². The predicted octanol–water partition coefficient (Wildman–Crippen LogP) is 4.18. The van der Waals surface area contributed by atoms with Crippen LogP contribution in [0.15, 0.2) is 46.5 Å². The summed E-state index contributed by atoms with van der Waals surface area (Å²) in [5, 5.41) is 1.35. The molecule has 5 rings (SSSR count). The zero-order valence-corrected chi connectivity index (χ0v) is 20.4. The van der Waals surface area contributed by atoms with Gasteiger partial charge in [0.1, 0.15) is 9.53 Å². The Labute approximate surface area is 203 Å². The molecule has 1 aliphatic rings. The van der Waals surface area contributed by atoms with Crippen molar-refractivity contribution in [3.63, 3.8) is 0 Å². The number of pyridine rings is 1. The van der Waals surface area contributed by atoms with Gasteiger partial charge in [0.2, 0.25) is 0 Å². The quantitative estimate of drug-likeness (QED) is 0.203. The van der Waals surface area contributed by atoms with Gasteiger partial charge in [0.25, 0.3) is 5.56 Å². The summed E-state index contributed by atoms with van der Waals surface area (Å²) in [7, 11) is 3.08. The summed E-state index contributed by atoms with van der Waals surface area (Å²) in [5.74, 6) is 1.08. The first kappa shape index (κ1) is 22.8. The van der Waals surface area contributed by atoms with Gasteiger partial charge in [-0.15, -0.1) is 11.3 Å². The van der Waals surface area contributed by atoms with Crippen LogP contribution in [0.25, 0.3) is 20.4 Å². The number of benzene rings is 1. The summed E-state index contributed by atoms with van der Waals surface area (Å²) in [6, 6.07) is 8.83. The number of ketones is 1. The van der Waals surface area contributed by atoms with E-state index < -0.39 is 0 Å². The van der Waals surface area contributed by atoms with Crippen molar-refractivity contribution in [3.05, 3.63) is 52.4 Å². The second-order valence-corrected chi connectivity index (χ2v) is 9.80. The van der Waals surface area contributed by atoms with Gasteiger partial charge in [0.15, 0.2) is 22.4 Å². The Morgan fingerprint density at radius 2 is 2.12 bits per heavy atom. The highest BCUT2D eigenvalue weighted by Crippen LogP contribution is 2.32. The molecule has 4 aromatic rings. The molecule has 4 heterocycles. The van der Waals surface area contributed by atoms with Crippen molar-refractivity contribution in [2.24, 2.45) is 0 Å². The Bertz CT molecular complexity index is 1430. The number of nitrogens with zero attached hydrogens (tertiary/aromatic N) is 3. The number of rotatable bonds is 8. The molecule has 1 fully saturated rings. The summed E-state index contributed by atoms with van der Waals surface area (Å²) >= 11 is 2.60. The minimum absolute atomic E-state index is 0.0367. The molecule has 0 spiro atoms. The number of Topliss-reactive ketones (excluding diaryl/α,β-unsaturated/α-hetero) is 1. The van der Waals surface area contributed by atoms with Crippen LogP contribution in [-0.2, 0) is 11.3 Å². The molecule has 0 aliphatic carbocycles. The Hall–Kier alpha value is -2.95. The summed E-state index contributed by atoms with van der Waals surface area (Å²) in [4.78, 5) is 36.5. The van der Waals surface area contributed by atoms with Crippen molar-refractivity contribution in [1.82, 2.24) is 14.5 Å². The average molecular weight is 498 g/mol. The van der Waals surface area contributed by atoms with Crippen molar-refractivity contribution >= 4 is 49.3 Å². The number of thiophene rings is 1.